The van der Waals surface area contributed by atoms with Crippen LogP contribution >= 0.6 is 0 Å². The zero-order valence-electron chi connectivity index (χ0n) is 14.4. The van der Waals surface area contributed by atoms with Crippen LogP contribution < -0.4 is 4.72 Å². The predicted molar refractivity (Wildman–Crippen MR) is 88.1 cm³/mol. The molecule has 2 atom stereocenters. The summed E-state index contributed by atoms with van der Waals surface area (Å²) in [5.74, 6) is -4.44. The molecule has 1 rings (SSSR count). The maximum Gasteiger partial charge on any atom is 0.325 e. The molecule has 0 aliphatic heterocycles. The van der Waals surface area contributed by atoms with Gasteiger partial charge in [0.2, 0.25) is 10.0 Å². The number of sulfonamides is 1. The van der Waals surface area contributed by atoms with Crippen molar-refractivity contribution in [2.45, 2.75) is 31.7 Å². The molecule has 0 saturated heterocycles. The van der Waals surface area contributed by atoms with E-state index in [-0.39, 0.29) is 11.5 Å². The highest BCUT2D eigenvalue weighted by atomic mass is 32.2. The van der Waals surface area contributed by atoms with Gasteiger partial charge in [0.25, 0.3) is 0 Å². The van der Waals surface area contributed by atoms with Crippen LogP contribution in [0.15, 0.2) is 29.2 Å². The predicted octanol–water partition coefficient (Wildman–Crippen LogP) is 0.583. The van der Waals surface area contributed by atoms with E-state index >= 15 is 0 Å². The number of hydrogen-bond acceptors (Lipinski definition) is 7. The molecule has 0 amide bonds. The van der Waals surface area contributed by atoms with Gasteiger partial charge in [0, 0.05) is 0 Å². The van der Waals surface area contributed by atoms with Gasteiger partial charge in [0.05, 0.1) is 18.6 Å². The minimum absolute atomic E-state index is 0.0482. The number of ketones is 1. The lowest BCUT2D eigenvalue weighted by Crippen LogP contribution is -2.51. The first-order valence-corrected chi connectivity index (χ1v) is 8.96. The van der Waals surface area contributed by atoms with Crippen molar-refractivity contribution < 1.29 is 32.3 Å². The highest BCUT2D eigenvalue weighted by Gasteiger charge is 2.41. The van der Waals surface area contributed by atoms with Gasteiger partial charge in [0.15, 0.2) is 0 Å². The lowest BCUT2D eigenvalue weighted by Gasteiger charge is -2.22. The van der Waals surface area contributed by atoms with Crippen molar-refractivity contribution in [2.24, 2.45) is 5.92 Å². The Hall–Kier alpha value is -2.26. The van der Waals surface area contributed by atoms with E-state index in [1.165, 1.54) is 19.1 Å². The molecule has 1 aromatic rings. The summed E-state index contributed by atoms with van der Waals surface area (Å²) < 4.78 is 36.4. The number of esters is 2. The molecule has 0 aliphatic rings. The summed E-state index contributed by atoms with van der Waals surface area (Å²) >= 11 is 0. The van der Waals surface area contributed by atoms with Gasteiger partial charge < -0.3 is 9.47 Å². The first-order valence-electron chi connectivity index (χ1n) is 7.48. The van der Waals surface area contributed by atoms with Crippen molar-refractivity contribution in [3.05, 3.63) is 29.8 Å². The number of aryl methyl sites for hydroxylation is 1. The fourth-order valence-corrected chi connectivity index (χ4v) is 3.30. The van der Waals surface area contributed by atoms with E-state index in [0.717, 1.165) is 19.6 Å². The molecule has 8 nitrogen and oxygen atoms in total. The molecule has 2 unspecified atom stereocenters. The van der Waals surface area contributed by atoms with Crippen LogP contribution in [-0.2, 0) is 33.9 Å². The van der Waals surface area contributed by atoms with E-state index in [2.05, 4.69) is 9.46 Å². The summed E-state index contributed by atoms with van der Waals surface area (Å²) in [5.41, 5.74) is 0.845. The zero-order valence-corrected chi connectivity index (χ0v) is 15.3. The van der Waals surface area contributed by atoms with Gasteiger partial charge in [-0.1, -0.05) is 17.7 Å². The second kappa shape index (κ2) is 8.72. The minimum Gasteiger partial charge on any atom is -0.468 e. The number of carbonyl (C=O) groups is 3. The Morgan fingerprint density at radius 2 is 1.68 bits per heavy atom. The third kappa shape index (κ3) is 5.36. The molecular formula is C16H21NO7S. The van der Waals surface area contributed by atoms with E-state index in [1.807, 2.05) is 0 Å². The van der Waals surface area contributed by atoms with Crippen LogP contribution in [0.4, 0.5) is 0 Å². The highest BCUT2D eigenvalue weighted by Crippen LogP contribution is 2.16. The molecular weight excluding hydrogens is 350 g/mol. The van der Waals surface area contributed by atoms with Gasteiger partial charge >= 0.3 is 11.9 Å². The van der Waals surface area contributed by atoms with Crippen LogP contribution in [0.25, 0.3) is 0 Å². The molecule has 9 heteroatoms. The van der Waals surface area contributed by atoms with Gasteiger partial charge in [-0.25, -0.2) is 8.42 Å². The van der Waals surface area contributed by atoms with Crippen molar-refractivity contribution in [2.75, 3.05) is 13.7 Å². The van der Waals surface area contributed by atoms with E-state index < -0.39 is 39.7 Å². The molecule has 0 bridgehead atoms. The number of ether oxygens (including phenoxy) is 2. The average molecular weight is 371 g/mol. The number of benzene rings is 1. The number of rotatable bonds is 8. The van der Waals surface area contributed by atoms with Gasteiger partial charge in [-0.2, -0.15) is 4.72 Å². The van der Waals surface area contributed by atoms with E-state index in [0.29, 0.717) is 0 Å². The van der Waals surface area contributed by atoms with Crippen LogP contribution in [-0.4, -0.2) is 45.9 Å². The van der Waals surface area contributed by atoms with Crippen molar-refractivity contribution in [1.82, 2.24) is 4.72 Å². The van der Waals surface area contributed by atoms with Crippen LogP contribution in [0.5, 0.6) is 0 Å². The normalized spacial score (nSPS) is 13.6. The molecule has 0 fully saturated rings. The third-order valence-corrected chi connectivity index (χ3v) is 4.84. The molecule has 138 valence electrons. The van der Waals surface area contributed by atoms with Gasteiger partial charge in [-0.05, 0) is 32.9 Å². The summed E-state index contributed by atoms with van der Waals surface area (Å²) in [7, 11) is -3.13. The second-order valence-electron chi connectivity index (χ2n) is 5.28. The third-order valence-electron chi connectivity index (χ3n) is 3.38. The quantitative estimate of drug-likeness (QED) is 0.525. The second-order valence-corrected chi connectivity index (χ2v) is 6.99. The van der Waals surface area contributed by atoms with Crippen molar-refractivity contribution in [3.63, 3.8) is 0 Å². The van der Waals surface area contributed by atoms with Crippen LogP contribution in [0.2, 0.25) is 0 Å². The Bertz CT molecular complexity index is 740. The summed E-state index contributed by atoms with van der Waals surface area (Å²) in [6.45, 7) is 4.32. The Morgan fingerprint density at radius 1 is 1.12 bits per heavy atom. The number of methoxy groups -OCH3 is 1. The van der Waals surface area contributed by atoms with Gasteiger partial charge in [0.1, 0.15) is 17.7 Å². The van der Waals surface area contributed by atoms with E-state index in [4.69, 9.17) is 4.74 Å². The number of hydrogen-bond donors (Lipinski definition) is 1. The Balaban J connectivity index is 3.28. The smallest absolute Gasteiger partial charge is 0.325 e. The number of carbonyl (C=O) groups excluding carboxylic acids is 3. The Morgan fingerprint density at radius 3 is 2.12 bits per heavy atom. The maximum absolute atomic E-state index is 12.5. The maximum atomic E-state index is 12.5. The monoisotopic (exact) mass is 371 g/mol. The standard InChI is InChI=1S/C16H21NO7S/c1-5-24-16(20)14(13(11(3)18)15(19)23-4)17-25(21,22)12-8-6-10(2)7-9-12/h6-9,13-14,17H,5H2,1-4H3. The van der Waals surface area contributed by atoms with Crippen molar-refractivity contribution in [3.8, 4) is 0 Å². The molecule has 0 aliphatic carbocycles. The van der Waals surface area contributed by atoms with Crippen molar-refractivity contribution in [1.29, 1.82) is 0 Å². The largest absolute Gasteiger partial charge is 0.468 e. The Labute approximate surface area is 146 Å². The molecule has 0 saturated carbocycles. The van der Waals surface area contributed by atoms with Gasteiger partial charge in [-0.15, -0.1) is 0 Å². The van der Waals surface area contributed by atoms with Crippen LogP contribution in [0.3, 0.4) is 0 Å². The lowest BCUT2D eigenvalue weighted by atomic mass is 9.96. The van der Waals surface area contributed by atoms with Crippen LogP contribution in [0.1, 0.15) is 19.4 Å². The molecule has 0 aromatic heterocycles. The summed E-state index contributed by atoms with van der Waals surface area (Å²) in [6.07, 6.45) is 0. The van der Waals surface area contributed by atoms with E-state index in [1.54, 1.807) is 19.1 Å². The molecule has 1 aromatic carbocycles. The Kier molecular flexibility index (Phi) is 7.25. The number of nitrogens with one attached hydrogen (secondary N) is 1. The lowest BCUT2D eigenvalue weighted by molar-refractivity contribution is -0.158. The zero-order chi connectivity index (χ0) is 19.2. The molecule has 1 N–H and O–H groups in total. The summed E-state index contributed by atoms with van der Waals surface area (Å²) in [5, 5.41) is 0. The number of Topliss-reactive ketones (excluding diaryl/α,β-unsaturated/α-hetero) is 1. The fourth-order valence-electron chi connectivity index (χ4n) is 2.10. The van der Waals surface area contributed by atoms with E-state index in [9.17, 15) is 22.8 Å². The summed E-state index contributed by atoms with van der Waals surface area (Å²) in [6, 6.07) is 4.13. The van der Waals surface area contributed by atoms with Crippen molar-refractivity contribution >= 4 is 27.7 Å². The molecule has 0 spiro atoms. The van der Waals surface area contributed by atoms with Gasteiger partial charge in [-0.3, -0.25) is 14.4 Å². The first-order chi connectivity index (χ1) is 11.6. The molecule has 0 radical (unpaired) electrons. The first kappa shape index (κ1) is 20.8. The molecule has 25 heavy (non-hydrogen) atoms. The fraction of sp³-hybridized carbons (Fsp3) is 0.438. The van der Waals surface area contributed by atoms with Crippen LogP contribution in [0, 0.1) is 12.8 Å². The molecule has 0 heterocycles. The minimum atomic E-state index is -4.17. The summed E-state index contributed by atoms with van der Waals surface area (Å²) in [4.78, 5) is 35.8. The average Bonchev–Trinajstić information content (AvgIpc) is 2.54. The SMILES string of the molecule is CCOC(=O)C(NS(=O)(=O)c1ccc(C)cc1)C(C(C)=O)C(=O)OC. The topological polar surface area (TPSA) is 116 Å². The highest BCUT2D eigenvalue weighted by molar-refractivity contribution is 7.89.